The predicted octanol–water partition coefficient (Wildman–Crippen LogP) is 1.49. The number of rotatable bonds is 1. The van der Waals surface area contributed by atoms with Crippen LogP contribution in [0.4, 0.5) is 5.82 Å². The number of ether oxygens (including phenoxy) is 1. The Balaban J connectivity index is 3.14. The van der Waals surface area contributed by atoms with Gasteiger partial charge in [0.2, 0.25) is 0 Å². The average molecular weight is 219 g/mol. The van der Waals surface area contributed by atoms with Crippen molar-refractivity contribution in [1.29, 1.82) is 5.26 Å². The quantitative estimate of drug-likeness (QED) is 0.723. The summed E-state index contributed by atoms with van der Waals surface area (Å²) in [5.74, 6) is -0.622. The number of nitrogens with two attached hydrogens (primary N) is 1. The topological polar surface area (TPSA) is 89.0 Å². The summed E-state index contributed by atoms with van der Waals surface area (Å²) in [5, 5.41) is 8.85. The van der Waals surface area contributed by atoms with Crippen LogP contribution in [-0.2, 0) is 4.74 Å². The zero-order valence-electron chi connectivity index (χ0n) is 9.44. The van der Waals surface area contributed by atoms with Crippen molar-refractivity contribution in [2.24, 2.45) is 0 Å². The Morgan fingerprint density at radius 1 is 1.56 bits per heavy atom. The van der Waals surface area contributed by atoms with Crippen molar-refractivity contribution in [3.05, 3.63) is 23.4 Å². The van der Waals surface area contributed by atoms with E-state index in [9.17, 15) is 4.79 Å². The first-order valence-electron chi connectivity index (χ1n) is 4.73. The van der Waals surface area contributed by atoms with Crippen molar-refractivity contribution in [3.63, 3.8) is 0 Å². The third-order valence-electron chi connectivity index (χ3n) is 1.70. The standard InChI is InChI=1S/C11H13N3O2/c1-11(2,3)16-10(15)8-7(6-12)4-5-14-9(8)13/h4-5H,1-3H3,(H2,13,14). The van der Waals surface area contributed by atoms with Crippen LogP contribution in [0, 0.1) is 11.3 Å². The van der Waals surface area contributed by atoms with Crippen LogP contribution in [-0.4, -0.2) is 16.6 Å². The summed E-state index contributed by atoms with van der Waals surface area (Å²) in [6.07, 6.45) is 1.38. The van der Waals surface area contributed by atoms with Crippen LogP contribution in [0.1, 0.15) is 36.7 Å². The van der Waals surface area contributed by atoms with Gasteiger partial charge in [-0.25, -0.2) is 9.78 Å². The third kappa shape index (κ3) is 2.70. The van der Waals surface area contributed by atoms with Gasteiger partial charge in [0.15, 0.2) is 0 Å². The number of hydrogen-bond acceptors (Lipinski definition) is 5. The Morgan fingerprint density at radius 3 is 2.69 bits per heavy atom. The van der Waals surface area contributed by atoms with Crippen LogP contribution in [0.15, 0.2) is 12.3 Å². The Labute approximate surface area is 93.8 Å². The van der Waals surface area contributed by atoms with Gasteiger partial charge in [0, 0.05) is 6.20 Å². The lowest BCUT2D eigenvalue weighted by Gasteiger charge is -2.20. The molecule has 1 aromatic rings. The molecule has 0 bridgehead atoms. The zero-order valence-corrected chi connectivity index (χ0v) is 9.44. The van der Waals surface area contributed by atoms with E-state index in [0.29, 0.717) is 0 Å². The van der Waals surface area contributed by atoms with Gasteiger partial charge in [0.05, 0.1) is 5.56 Å². The number of hydrogen-bond donors (Lipinski definition) is 1. The van der Waals surface area contributed by atoms with Gasteiger partial charge in [0.25, 0.3) is 0 Å². The van der Waals surface area contributed by atoms with E-state index >= 15 is 0 Å². The summed E-state index contributed by atoms with van der Waals surface area (Å²) < 4.78 is 5.14. The van der Waals surface area contributed by atoms with Gasteiger partial charge < -0.3 is 10.5 Å². The Morgan fingerprint density at radius 2 is 2.19 bits per heavy atom. The Bertz CT molecular complexity index is 455. The molecular formula is C11H13N3O2. The molecule has 0 atom stereocenters. The lowest BCUT2D eigenvalue weighted by Crippen LogP contribution is -2.25. The second-order valence-corrected chi connectivity index (χ2v) is 4.23. The minimum atomic E-state index is -0.633. The van der Waals surface area contributed by atoms with Crippen LogP contribution in [0.3, 0.4) is 0 Å². The van der Waals surface area contributed by atoms with E-state index in [0.717, 1.165) is 0 Å². The molecule has 5 heteroatoms. The molecule has 0 unspecified atom stereocenters. The molecule has 5 nitrogen and oxygen atoms in total. The molecular weight excluding hydrogens is 206 g/mol. The molecule has 84 valence electrons. The highest BCUT2D eigenvalue weighted by atomic mass is 16.6. The Kier molecular flexibility index (Phi) is 3.14. The number of esters is 1. The van der Waals surface area contributed by atoms with Gasteiger partial charge in [-0.1, -0.05) is 0 Å². The molecule has 16 heavy (non-hydrogen) atoms. The number of pyridine rings is 1. The van der Waals surface area contributed by atoms with Crippen LogP contribution < -0.4 is 5.73 Å². The van der Waals surface area contributed by atoms with Crippen LogP contribution in [0.5, 0.6) is 0 Å². The van der Waals surface area contributed by atoms with Gasteiger partial charge in [0.1, 0.15) is 23.1 Å². The number of nitrogens with zero attached hydrogens (tertiary/aromatic N) is 2. The largest absolute Gasteiger partial charge is 0.456 e. The van der Waals surface area contributed by atoms with Crippen molar-refractivity contribution < 1.29 is 9.53 Å². The number of carbonyl (C=O) groups is 1. The van der Waals surface area contributed by atoms with Crippen molar-refractivity contribution in [2.75, 3.05) is 5.73 Å². The lowest BCUT2D eigenvalue weighted by molar-refractivity contribution is 0.00701. The van der Waals surface area contributed by atoms with E-state index < -0.39 is 11.6 Å². The van der Waals surface area contributed by atoms with E-state index in [1.807, 2.05) is 6.07 Å². The summed E-state index contributed by atoms with van der Waals surface area (Å²) in [6.45, 7) is 5.22. The van der Waals surface area contributed by atoms with E-state index in [2.05, 4.69) is 4.98 Å². The van der Waals surface area contributed by atoms with Crippen LogP contribution in [0.2, 0.25) is 0 Å². The molecule has 0 aliphatic heterocycles. The lowest BCUT2D eigenvalue weighted by atomic mass is 10.1. The molecule has 0 saturated heterocycles. The van der Waals surface area contributed by atoms with Crippen molar-refractivity contribution in [3.8, 4) is 6.07 Å². The summed E-state index contributed by atoms with van der Waals surface area (Å²) in [4.78, 5) is 15.5. The third-order valence-corrected chi connectivity index (χ3v) is 1.70. The molecule has 2 N–H and O–H groups in total. The first kappa shape index (κ1) is 12.0. The van der Waals surface area contributed by atoms with Crippen LogP contribution in [0.25, 0.3) is 0 Å². The molecule has 0 fully saturated rings. The minimum Gasteiger partial charge on any atom is -0.456 e. The number of carbonyl (C=O) groups excluding carboxylic acids is 1. The SMILES string of the molecule is CC(C)(C)OC(=O)c1c(C#N)ccnc1N. The molecule has 0 aliphatic carbocycles. The molecule has 0 aromatic carbocycles. The number of nitrogen functional groups attached to an aromatic ring is 1. The highest BCUT2D eigenvalue weighted by Crippen LogP contribution is 2.18. The first-order valence-corrected chi connectivity index (χ1v) is 4.73. The fourth-order valence-corrected chi connectivity index (χ4v) is 1.11. The number of anilines is 1. The van der Waals surface area contributed by atoms with E-state index in [4.69, 9.17) is 15.7 Å². The minimum absolute atomic E-state index is 0.00769. The molecule has 0 radical (unpaired) electrons. The molecule has 1 rings (SSSR count). The van der Waals surface area contributed by atoms with E-state index in [1.54, 1.807) is 20.8 Å². The molecule has 0 aliphatic rings. The summed E-state index contributed by atoms with van der Waals surface area (Å²) in [5.41, 5.74) is 5.12. The predicted molar refractivity (Wildman–Crippen MR) is 58.5 cm³/mol. The molecule has 0 saturated carbocycles. The molecule has 0 amide bonds. The van der Waals surface area contributed by atoms with Gasteiger partial charge in [-0.3, -0.25) is 0 Å². The number of aromatic nitrogens is 1. The maximum atomic E-state index is 11.8. The summed E-state index contributed by atoms with van der Waals surface area (Å²) in [7, 11) is 0. The van der Waals surface area contributed by atoms with E-state index in [1.165, 1.54) is 12.3 Å². The van der Waals surface area contributed by atoms with Crippen LogP contribution >= 0.6 is 0 Å². The second kappa shape index (κ2) is 4.19. The van der Waals surface area contributed by atoms with E-state index in [-0.39, 0.29) is 16.9 Å². The van der Waals surface area contributed by atoms with Gasteiger partial charge in [-0.2, -0.15) is 5.26 Å². The highest BCUT2D eigenvalue weighted by Gasteiger charge is 2.23. The summed E-state index contributed by atoms with van der Waals surface area (Å²) >= 11 is 0. The molecule has 1 aromatic heterocycles. The maximum absolute atomic E-state index is 11.8. The van der Waals surface area contributed by atoms with Gasteiger partial charge in [-0.15, -0.1) is 0 Å². The van der Waals surface area contributed by atoms with Gasteiger partial charge >= 0.3 is 5.97 Å². The van der Waals surface area contributed by atoms with Crippen molar-refractivity contribution >= 4 is 11.8 Å². The smallest absolute Gasteiger partial charge is 0.343 e. The monoisotopic (exact) mass is 219 g/mol. The Hall–Kier alpha value is -2.09. The van der Waals surface area contributed by atoms with Crippen molar-refractivity contribution in [2.45, 2.75) is 26.4 Å². The average Bonchev–Trinajstić information content (AvgIpc) is 2.14. The number of nitriles is 1. The fraction of sp³-hybridized carbons (Fsp3) is 0.364. The van der Waals surface area contributed by atoms with Crippen molar-refractivity contribution in [1.82, 2.24) is 4.98 Å². The fourth-order valence-electron chi connectivity index (χ4n) is 1.11. The second-order valence-electron chi connectivity index (χ2n) is 4.23. The maximum Gasteiger partial charge on any atom is 0.343 e. The summed E-state index contributed by atoms with van der Waals surface area (Å²) in [6, 6.07) is 3.31. The zero-order chi connectivity index (χ0) is 12.3. The first-order chi connectivity index (χ1) is 7.35. The molecule has 0 spiro atoms. The highest BCUT2D eigenvalue weighted by molar-refractivity contribution is 5.96. The molecule has 1 heterocycles. The normalized spacial score (nSPS) is 10.6. The van der Waals surface area contributed by atoms with Gasteiger partial charge in [-0.05, 0) is 26.8 Å².